The average molecular weight is 492 g/mol. The molecule has 0 aromatic carbocycles. The van der Waals surface area contributed by atoms with E-state index in [9.17, 15) is 0 Å². The molecular weight excluding hydrogens is 451 g/mol. The summed E-state index contributed by atoms with van der Waals surface area (Å²) < 4.78 is 5.95. The van der Waals surface area contributed by atoms with E-state index in [0.29, 0.717) is 0 Å². The molecule has 0 aliphatic carbocycles. The molecule has 0 unspecified atom stereocenters. The van der Waals surface area contributed by atoms with E-state index in [1.807, 2.05) is 14.0 Å². The predicted molar refractivity (Wildman–Crippen MR) is 133 cm³/mol. The van der Waals surface area contributed by atoms with Crippen LogP contribution >= 0.6 is 0 Å². The third-order valence-electron chi connectivity index (χ3n) is 5.23. The average Bonchev–Trinajstić information content (AvgIpc) is 3.57. The third-order valence-corrected chi connectivity index (χ3v) is 5.23. The van der Waals surface area contributed by atoms with E-state index in [1.165, 1.54) is 19.3 Å². The van der Waals surface area contributed by atoms with Crippen LogP contribution in [0.25, 0.3) is 0 Å². The third kappa shape index (κ3) is 9.18. The molecule has 0 aliphatic heterocycles. The zero-order chi connectivity index (χ0) is 23.2. The maximum Gasteiger partial charge on any atom is 0.238 e. The van der Waals surface area contributed by atoms with Gasteiger partial charge in [-0.3, -0.25) is 0 Å². The van der Waals surface area contributed by atoms with Crippen molar-refractivity contribution in [2.45, 2.75) is 84.8 Å². The summed E-state index contributed by atoms with van der Waals surface area (Å²) in [5, 5.41) is 14.5. The quantitative estimate of drug-likeness (QED) is 0.211. The van der Waals surface area contributed by atoms with Crippen LogP contribution < -0.4 is 0 Å². The molecule has 0 fully saturated rings. The summed E-state index contributed by atoms with van der Waals surface area (Å²) in [6.07, 6.45) is 19.3. The van der Waals surface area contributed by atoms with Crippen LogP contribution in [0, 0.1) is 0 Å². The molecule has 181 valence electrons. The van der Waals surface area contributed by atoms with Gasteiger partial charge in [0.05, 0.1) is 17.1 Å². The van der Waals surface area contributed by atoms with Gasteiger partial charge in [-0.2, -0.15) is 15.3 Å². The Morgan fingerprint density at radius 2 is 0.970 bits per heavy atom. The molecular formula is C26H40MnN6. The fraction of sp³-hybridized carbons (Fsp3) is 0.500. The Balaban J connectivity index is 0.00000101. The van der Waals surface area contributed by atoms with Crippen LogP contribution in [0.3, 0.4) is 0 Å². The zero-order valence-corrected chi connectivity index (χ0v) is 21.7. The monoisotopic (exact) mass is 491 g/mol. The number of hydrogen-bond acceptors (Lipinski definition) is 3. The normalized spacial score (nSPS) is 10.4. The molecule has 0 spiro atoms. The summed E-state index contributed by atoms with van der Waals surface area (Å²) in [5.41, 5.74) is 3.38. The first kappa shape index (κ1) is 28.7. The molecule has 0 bridgehead atoms. The van der Waals surface area contributed by atoms with Crippen LogP contribution in [-0.4, -0.2) is 29.3 Å². The second-order valence-corrected chi connectivity index (χ2v) is 7.99. The molecule has 0 amide bonds. The van der Waals surface area contributed by atoms with Gasteiger partial charge in [-0.25, -0.2) is 14.0 Å². The van der Waals surface area contributed by atoms with Gasteiger partial charge in [0.25, 0.3) is 0 Å². The summed E-state index contributed by atoms with van der Waals surface area (Å²) in [4.78, 5) is 0. The molecule has 3 aromatic heterocycles. The first-order valence-electron chi connectivity index (χ1n) is 12.0. The van der Waals surface area contributed by atoms with Gasteiger partial charge in [-0.1, -0.05) is 65.3 Å². The smallest absolute Gasteiger partial charge is 0.227 e. The largest absolute Gasteiger partial charge is 0.238 e. The van der Waals surface area contributed by atoms with E-state index in [1.54, 1.807) is 12.2 Å². The maximum atomic E-state index is 4.84. The summed E-state index contributed by atoms with van der Waals surface area (Å²) in [6.45, 7) is 13.4. The second-order valence-electron chi connectivity index (χ2n) is 7.99. The predicted octanol–water partition coefficient (Wildman–Crippen LogP) is 6.21. The van der Waals surface area contributed by atoms with Crippen molar-refractivity contribution in [2.75, 3.05) is 0 Å². The zero-order valence-electron chi connectivity index (χ0n) is 20.5. The molecule has 3 aromatic rings. The molecule has 0 N–H and O–H groups in total. The molecule has 1 radical (unpaired) electrons. The number of aromatic nitrogens is 6. The van der Waals surface area contributed by atoms with Crippen molar-refractivity contribution >= 4 is 0 Å². The molecule has 3 rings (SSSR count). The van der Waals surface area contributed by atoms with E-state index in [4.69, 9.17) is 15.3 Å². The summed E-state index contributed by atoms with van der Waals surface area (Å²) in [5.74, 6) is 0. The number of nitrogens with zero attached hydrogens (tertiary/aromatic N) is 6. The van der Waals surface area contributed by atoms with Gasteiger partial charge in [0.2, 0.25) is 6.29 Å². The summed E-state index contributed by atoms with van der Waals surface area (Å²) in [7, 11) is 0. The Kier molecular flexibility index (Phi) is 14.1. The fourth-order valence-electron chi connectivity index (χ4n) is 3.36. The number of aryl methyl sites for hydroxylation is 3. The molecule has 0 aliphatic rings. The van der Waals surface area contributed by atoms with Gasteiger partial charge >= 0.3 is 0 Å². The van der Waals surface area contributed by atoms with E-state index in [-0.39, 0.29) is 23.4 Å². The van der Waals surface area contributed by atoms with Crippen LogP contribution in [0.5, 0.6) is 0 Å². The van der Waals surface area contributed by atoms with Crippen molar-refractivity contribution in [3.05, 3.63) is 79.2 Å². The second kappa shape index (κ2) is 16.3. The van der Waals surface area contributed by atoms with Crippen molar-refractivity contribution in [1.29, 1.82) is 0 Å². The van der Waals surface area contributed by atoms with Gasteiger partial charge in [0.15, 0.2) is 0 Å². The first-order valence-corrected chi connectivity index (χ1v) is 12.0. The molecule has 33 heavy (non-hydrogen) atoms. The van der Waals surface area contributed by atoms with Gasteiger partial charge in [0.1, 0.15) is 0 Å². The number of hydrogen-bond donors (Lipinski definition) is 0. The van der Waals surface area contributed by atoms with Crippen LogP contribution in [0.15, 0.2) is 62.1 Å². The van der Waals surface area contributed by atoms with Crippen LogP contribution in [-0.2, 0) is 36.3 Å². The van der Waals surface area contributed by atoms with Crippen molar-refractivity contribution < 1.29 is 17.1 Å². The van der Waals surface area contributed by atoms with Gasteiger partial charge in [-0.05, 0) is 56.7 Å². The number of unbranched alkanes of at least 4 members (excludes halogenated alkanes) is 3. The maximum absolute atomic E-state index is 4.84. The first-order chi connectivity index (χ1) is 15.7. The Morgan fingerprint density at radius 3 is 1.21 bits per heavy atom. The Hall–Kier alpha value is -2.37. The summed E-state index contributed by atoms with van der Waals surface area (Å²) in [6, 6.07) is 6.35. The van der Waals surface area contributed by atoms with Crippen molar-refractivity contribution in [3.63, 3.8) is 0 Å². The summed E-state index contributed by atoms with van der Waals surface area (Å²) >= 11 is 0. The minimum Gasteiger partial charge on any atom is -0.227 e. The van der Waals surface area contributed by atoms with Crippen molar-refractivity contribution in [3.8, 4) is 0 Å². The van der Waals surface area contributed by atoms with Gasteiger partial charge in [0, 0.05) is 35.7 Å². The molecule has 6 nitrogen and oxygen atoms in total. The molecule has 0 saturated carbocycles. The molecule has 3 heterocycles. The van der Waals surface area contributed by atoms with Gasteiger partial charge < -0.3 is 0 Å². The van der Waals surface area contributed by atoms with E-state index in [0.717, 1.165) is 55.6 Å². The molecule has 0 saturated heterocycles. The van der Waals surface area contributed by atoms with Gasteiger partial charge in [-0.15, -0.1) is 0 Å². The van der Waals surface area contributed by atoms with E-state index in [2.05, 4.69) is 70.7 Å². The Labute approximate surface area is 210 Å². The van der Waals surface area contributed by atoms with Crippen molar-refractivity contribution in [1.82, 2.24) is 29.3 Å². The van der Waals surface area contributed by atoms with Crippen LogP contribution in [0.2, 0.25) is 0 Å². The fourth-order valence-corrected chi connectivity index (χ4v) is 3.36. The molecule has 0 atom stereocenters. The van der Waals surface area contributed by atoms with Crippen molar-refractivity contribution in [2.24, 2.45) is 0 Å². The minimum atomic E-state index is -0.207. The number of rotatable bonds is 13. The number of allylic oxidation sites excluding steroid dienone is 2. The van der Waals surface area contributed by atoms with E-state index >= 15 is 0 Å². The SMILES string of the molecule is C=CC=C.CCCCc1ccn(C(n2ccc(CCCC)n2)n2ccc(CCCC)n2)n1.[Mn]. The van der Waals surface area contributed by atoms with Crippen LogP contribution in [0.4, 0.5) is 0 Å². The van der Waals surface area contributed by atoms with Crippen LogP contribution in [0.1, 0.15) is 82.7 Å². The van der Waals surface area contributed by atoms with E-state index < -0.39 is 0 Å². The molecule has 7 heteroatoms. The Morgan fingerprint density at radius 1 is 0.667 bits per heavy atom. The topological polar surface area (TPSA) is 53.5 Å². The standard InChI is InChI=1S/C22H34N6.C4H6.Mn/c1-4-7-10-19-13-16-26(23-19)22(27-17-14-20(24-27)11-8-5-2)28-18-15-21(25-28)12-9-6-3;1-3-4-2;/h13-18,22H,4-12H2,1-3H3;3-4H,1-2H2;. The Bertz CT molecular complexity index is 807. The minimum absolute atomic E-state index is 0.